The summed E-state index contributed by atoms with van der Waals surface area (Å²) in [6.07, 6.45) is -0.410. The van der Waals surface area contributed by atoms with E-state index in [4.69, 9.17) is 9.47 Å². The van der Waals surface area contributed by atoms with E-state index in [0.29, 0.717) is 5.92 Å². The molecule has 6 rings (SSSR count). The van der Waals surface area contributed by atoms with E-state index in [1.165, 1.54) is 26.8 Å². The van der Waals surface area contributed by atoms with Crippen LogP contribution in [-0.2, 0) is 4.74 Å². The second-order valence-electron chi connectivity index (χ2n) is 11.0. The van der Waals surface area contributed by atoms with E-state index < -0.39 is 11.7 Å². The number of hydrogen-bond donors (Lipinski definition) is 0. The van der Waals surface area contributed by atoms with Crippen LogP contribution >= 0.6 is 11.8 Å². The van der Waals surface area contributed by atoms with Crippen LogP contribution in [0.5, 0.6) is 5.75 Å². The van der Waals surface area contributed by atoms with Gasteiger partial charge in [0.15, 0.2) is 0 Å². The molecule has 0 bridgehead atoms. The van der Waals surface area contributed by atoms with Crippen LogP contribution in [0.1, 0.15) is 44.4 Å². The number of carbonyl (C=O) groups excluding carboxylic acids is 1. The molecule has 39 heavy (non-hydrogen) atoms. The third-order valence-corrected chi connectivity index (χ3v) is 8.42. The Balaban J connectivity index is 1.68. The molecule has 0 fully saturated rings. The summed E-state index contributed by atoms with van der Waals surface area (Å²) in [5, 5.41) is 2.46. The fourth-order valence-corrected chi connectivity index (χ4v) is 6.47. The quantitative estimate of drug-likeness (QED) is 0.229. The lowest BCUT2D eigenvalue weighted by molar-refractivity contribution is 0.0598. The van der Waals surface area contributed by atoms with Crippen molar-refractivity contribution in [1.82, 2.24) is 0 Å². The lowest BCUT2D eigenvalue weighted by atomic mass is 9.86. The molecule has 2 heterocycles. The third-order valence-electron chi connectivity index (χ3n) is 7.11. The van der Waals surface area contributed by atoms with Gasteiger partial charge in [-0.1, -0.05) is 55.5 Å². The largest absolute Gasteiger partial charge is 0.497 e. The van der Waals surface area contributed by atoms with E-state index in [9.17, 15) is 4.79 Å². The maximum Gasteiger partial charge on any atom is 0.419 e. The molecule has 0 saturated heterocycles. The molecule has 4 nitrogen and oxygen atoms in total. The Bertz CT molecular complexity index is 1690. The highest BCUT2D eigenvalue weighted by molar-refractivity contribution is 7.99. The highest BCUT2D eigenvalue weighted by Crippen LogP contribution is 2.49. The van der Waals surface area contributed by atoms with E-state index >= 15 is 0 Å². The zero-order valence-corrected chi connectivity index (χ0v) is 23.7. The third kappa shape index (κ3) is 4.52. The molecule has 1 amide bonds. The number of benzene rings is 4. The number of anilines is 2. The number of ether oxygens (including phenoxy) is 2. The highest BCUT2D eigenvalue weighted by Gasteiger charge is 2.34. The van der Waals surface area contributed by atoms with Gasteiger partial charge in [-0.05, 0) is 67.8 Å². The maximum atomic E-state index is 13.6. The molecule has 0 N–H and O–H groups in total. The fraction of sp³-hybridized carbons (Fsp3) is 0.235. The van der Waals surface area contributed by atoms with Crippen LogP contribution in [0.3, 0.4) is 0 Å². The predicted molar refractivity (Wildman–Crippen MR) is 161 cm³/mol. The molecule has 0 saturated carbocycles. The van der Waals surface area contributed by atoms with E-state index in [1.54, 1.807) is 12.0 Å². The Morgan fingerprint density at radius 1 is 0.949 bits per heavy atom. The van der Waals surface area contributed by atoms with Gasteiger partial charge in [-0.15, -0.1) is 17.5 Å². The first-order chi connectivity index (χ1) is 18.7. The van der Waals surface area contributed by atoms with E-state index in [1.807, 2.05) is 68.9 Å². The van der Waals surface area contributed by atoms with Crippen LogP contribution in [0.25, 0.3) is 21.9 Å². The first-order valence-corrected chi connectivity index (χ1v) is 14.2. The number of amides is 1. The molecular formula is C34H31NO3S. The molecule has 1 atom stereocenters. The highest BCUT2D eigenvalue weighted by atomic mass is 32.2. The van der Waals surface area contributed by atoms with Crippen molar-refractivity contribution in [1.29, 1.82) is 0 Å². The lowest BCUT2D eigenvalue weighted by Crippen LogP contribution is -2.36. The maximum absolute atomic E-state index is 13.6. The Labute approximate surface area is 233 Å². The molecule has 0 radical (unpaired) electrons. The van der Waals surface area contributed by atoms with Gasteiger partial charge >= 0.3 is 6.09 Å². The van der Waals surface area contributed by atoms with Crippen LogP contribution in [0.2, 0.25) is 0 Å². The Morgan fingerprint density at radius 3 is 2.49 bits per heavy atom. The molecule has 0 aliphatic carbocycles. The summed E-state index contributed by atoms with van der Waals surface area (Å²) in [4.78, 5) is 16.5. The van der Waals surface area contributed by atoms with Crippen molar-refractivity contribution in [3.05, 3.63) is 101 Å². The minimum atomic E-state index is -0.628. The van der Waals surface area contributed by atoms with Crippen LogP contribution in [0.4, 0.5) is 16.2 Å². The molecule has 196 valence electrons. The van der Waals surface area contributed by atoms with Crippen LogP contribution < -0.4 is 9.64 Å². The zero-order valence-electron chi connectivity index (χ0n) is 22.9. The summed E-state index contributed by atoms with van der Waals surface area (Å²) >= 11 is 1.90. The first-order valence-electron chi connectivity index (χ1n) is 13.2. The molecular weight excluding hydrogens is 502 g/mol. The standard InChI is InChI=1S/C34H31NO3S/c1-21-20-39-31-17-14-22-10-6-7-11-24(22)32(31)26(21)19-27-25-12-8-9-13-29(25)35(33(36)38-34(2,3)4)30-16-15-23(37-5)18-28(27)30/h6-18,21H,20H2,1-5H3/t19?,21-/m0/s1. The Kier molecular flexibility index (Phi) is 6.29. The van der Waals surface area contributed by atoms with Crippen molar-refractivity contribution in [2.45, 2.75) is 38.2 Å². The molecule has 4 aromatic rings. The number of nitrogens with zero attached hydrogens (tertiary/aromatic N) is 1. The van der Waals surface area contributed by atoms with Crippen molar-refractivity contribution in [3.8, 4) is 5.75 Å². The predicted octanol–water partition coefficient (Wildman–Crippen LogP) is 9.09. The molecule has 5 heteroatoms. The van der Waals surface area contributed by atoms with Gasteiger partial charge in [-0.2, -0.15) is 0 Å². The van der Waals surface area contributed by atoms with Crippen LogP contribution in [-0.4, -0.2) is 24.6 Å². The summed E-state index contributed by atoms with van der Waals surface area (Å²) < 4.78 is 11.5. The Hall–Kier alpha value is -3.92. The Morgan fingerprint density at radius 2 is 1.69 bits per heavy atom. The van der Waals surface area contributed by atoms with Crippen molar-refractivity contribution in [2.75, 3.05) is 17.8 Å². The summed E-state index contributed by atoms with van der Waals surface area (Å²) in [6, 6.07) is 26.8. The number of methoxy groups -OCH3 is 1. The number of fused-ring (bicyclic) bond motifs is 5. The van der Waals surface area contributed by atoms with Crippen LogP contribution in [0, 0.1) is 5.92 Å². The molecule has 2 aliphatic heterocycles. The number of rotatable bonds is 1. The van der Waals surface area contributed by atoms with E-state index in [-0.39, 0.29) is 0 Å². The second-order valence-corrected chi connectivity index (χ2v) is 12.1. The molecule has 0 aromatic heterocycles. The van der Waals surface area contributed by atoms with Gasteiger partial charge in [-0.3, -0.25) is 0 Å². The average molecular weight is 534 g/mol. The SMILES string of the molecule is COc1ccc2c(c1)C(=C=C1c3c(ccc4ccccc34)SC[C@@H]1C)c1ccccc1N2C(=O)OC(C)(C)C. The number of allylic oxidation sites excluding steroid dienone is 1. The van der Waals surface area contributed by atoms with Gasteiger partial charge in [0.25, 0.3) is 0 Å². The number of carbonyl (C=O) groups is 1. The minimum absolute atomic E-state index is 0.297. The summed E-state index contributed by atoms with van der Waals surface area (Å²) in [7, 11) is 1.66. The summed E-state index contributed by atoms with van der Waals surface area (Å²) in [5.74, 6) is 2.00. The van der Waals surface area contributed by atoms with Gasteiger partial charge in [0.05, 0.1) is 18.5 Å². The normalized spacial score (nSPS) is 16.2. The van der Waals surface area contributed by atoms with Crippen LogP contribution in [0.15, 0.2) is 89.5 Å². The zero-order chi connectivity index (χ0) is 27.3. The van der Waals surface area contributed by atoms with Gasteiger partial charge in [-0.25, -0.2) is 9.69 Å². The monoisotopic (exact) mass is 533 g/mol. The molecule has 2 aliphatic rings. The van der Waals surface area contributed by atoms with Crippen molar-refractivity contribution < 1.29 is 14.3 Å². The van der Waals surface area contributed by atoms with Crippen molar-refractivity contribution in [3.63, 3.8) is 0 Å². The second kappa shape index (κ2) is 9.68. The molecule has 4 aromatic carbocycles. The first kappa shape index (κ1) is 25.4. The van der Waals surface area contributed by atoms with E-state index in [0.717, 1.165) is 39.6 Å². The smallest absolute Gasteiger partial charge is 0.419 e. The number of thioether (sulfide) groups is 1. The van der Waals surface area contributed by atoms with Gasteiger partial charge in [0.2, 0.25) is 0 Å². The minimum Gasteiger partial charge on any atom is -0.497 e. The fourth-order valence-electron chi connectivity index (χ4n) is 5.35. The summed E-state index contributed by atoms with van der Waals surface area (Å²) in [6.45, 7) is 7.93. The summed E-state index contributed by atoms with van der Waals surface area (Å²) in [5.41, 5.74) is 10.0. The van der Waals surface area contributed by atoms with Crippen molar-refractivity contribution in [2.24, 2.45) is 5.92 Å². The molecule has 0 spiro atoms. The van der Waals surface area contributed by atoms with Crippen molar-refractivity contribution >= 4 is 51.1 Å². The lowest BCUT2D eigenvalue weighted by Gasteiger charge is -2.34. The topological polar surface area (TPSA) is 38.8 Å². The van der Waals surface area contributed by atoms with Gasteiger partial charge in [0, 0.05) is 38.5 Å². The number of para-hydroxylation sites is 1. The average Bonchev–Trinajstić information content (AvgIpc) is 2.92. The number of hydrogen-bond acceptors (Lipinski definition) is 4. The van der Waals surface area contributed by atoms with E-state index in [2.05, 4.69) is 55.1 Å². The molecule has 0 unspecified atom stereocenters. The van der Waals surface area contributed by atoms with Gasteiger partial charge < -0.3 is 9.47 Å². The van der Waals surface area contributed by atoms with Gasteiger partial charge in [0.1, 0.15) is 11.4 Å².